The molecular formula is C29H30F3N5O. The Labute approximate surface area is 219 Å². The van der Waals surface area contributed by atoms with Crippen LogP contribution in [0.2, 0.25) is 0 Å². The molecule has 6 rings (SSSR count). The highest BCUT2D eigenvalue weighted by Gasteiger charge is 2.44. The minimum absolute atomic E-state index is 0.00287. The standard InChI is InChI=1S/C16H13F2N5O.C13H17F/c1-9-8-21-10-2-3-12(24)23(15(10)22-9)11-4-5-16(17,18)14-13(11)19-6-7-20-14;1-10-6-5-9-12(14)13(10)11-7-3-2-4-8-11/h2-3,6-8,11H,4-5H2,1H3;5-6,9,11H,2-4,7-8H2,1H3. The summed E-state index contributed by atoms with van der Waals surface area (Å²) in [4.78, 5) is 29.0. The summed E-state index contributed by atoms with van der Waals surface area (Å²) in [5, 5.41) is 0. The molecule has 1 aromatic carbocycles. The van der Waals surface area contributed by atoms with Crippen LogP contribution in [-0.4, -0.2) is 24.5 Å². The molecule has 4 aromatic rings. The minimum atomic E-state index is -3.05. The zero-order chi connectivity index (χ0) is 26.9. The first-order valence-corrected chi connectivity index (χ1v) is 13.1. The SMILES string of the molecule is Cc1cccc(F)c1C1CCCCC1.Cc1cnc2ccc(=O)n(C3CCC(F)(F)c4nccnc43)c2n1. The van der Waals surface area contributed by atoms with Crippen molar-refractivity contribution in [3.05, 3.63) is 93.3 Å². The zero-order valence-corrected chi connectivity index (χ0v) is 21.5. The van der Waals surface area contributed by atoms with Crippen molar-refractivity contribution in [2.45, 2.75) is 76.7 Å². The fourth-order valence-electron chi connectivity index (χ4n) is 5.66. The van der Waals surface area contributed by atoms with Crippen molar-refractivity contribution >= 4 is 11.2 Å². The van der Waals surface area contributed by atoms with Gasteiger partial charge in [0.15, 0.2) is 5.65 Å². The van der Waals surface area contributed by atoms with Gasteiger partial charge in [-0.1, -0.05) is 31.4 Å². The summed E-state index contributed by atoms with van der Waals surface area (Å²) < 4.78 is 43.3. The van der Waals surface area contributed by atoms with Gasteiger partial charge in [0.25, 0.3) is 11.5 Å². The van der Waals surface area contributed by atoms with Crippen molar-refractivity contribution in [3.8, 4) is 0 Å². The van der Waals surface area contributed by atoms with Crippen LogP contribution in [-0.2, 0) is 5.92 Å². The number of benzene rings is 1. The molecule has 0 spiro atoms. The molecule has 1 atom stereocenters. The molecule has 0 aliphatic heterocycles. The van der Waals surface area contributed by atoms with Crippen LogP contribution in [0, 0.1) is 19.7 Å². The fraction of sp³-hybridized carbons (Fsp3) is 0.414. The van der Waals surface area contributed by atoms with E-state index in [1.807, 2.05) is 13.0 Å². The van der Waals surface area contributed by atoms with Gasteiger partial charge in [0.1, 0.15) is 17.0 Å². The predicted octanol–water partition coefficient (Wildman–Crippen LogP) is 6.55. The number of halogens is 3. The minimum Gasteiger partial charge on any atom is -0.282 e. The number of aryl methyl sites for hydroxylation is 2. The summed E-state index contributed by atoms with van der Waals surface area (Å²) in [5.74, 6) is -2.57. The second-order valence-corrected chi connectivity index (χ2v) is 10.1. The molecule has 0 N–H and O–H groups in total. The number of hydrogen-bond acceptors (Lipinski definition) is 5. The summed E-state index contributed by atoms with van der Waals surface area (Å²) in [6.07, 6.45) is 10.1. The van der Waals surface area contributed by atoms with E-state index in [-0.39, 0.29) is 29.2 Å². The molecule has 0 radical (unpaired) electrons. The molecule has 2 aliphatic carbocycles. The van der Waals surface area contributed by atoms with Crippen LogP contribution in [0.1, 0.15) is 85.1 Å². The van der Waals surface area contributed by atoms with Gasteiger partial charge in [0.2, 0.25) is 0 Å². The van der Waals surface area contributed by atoms with Crippen LogP contribution < -0.4 is 5.56 Å². The molecule has 198 valence electrons. The van der Waals surface area contributed by atoms with Crippen LogP contribution in [0.5, 0.6) is 0 Å². The first-order valence-electron chi connectivity index (χ1n) is 13.1. The van der Waals surface area contributed by atoms with Crippen LogP contribution in [0.25, 0.3) is 11.2 Å². The monoisotopic (exact) mass is 521 g/mol. The van der Waals surface area contributed by atoms with Crippen molar-refractivity contribution in [1.82, 2.24) is 24.5 Å². The van der Waals surface area contributed by atoms with E-state index in [4.69, 9.17) is 0 Å². The average Bonchev–Trinajstić information content (AvgIpc) is 2.90. The third-order valence-electron chi connectivity index (χ3n) is 7.47. The Kier molecular flexibility index (Phi) is 7.27. The lowest BCUT2D eigenvalue weighted by atomic mass is 9.82. The van der Waals surface area contributed by atoms with E-state index >= 15 is 0 Å². The van der Waals surface area contributed by atoms with Crippen LogP contribution >= 0.6 is 0 Å². The number of pyridine rings is 1. The summed E-state index contributed by atoms with van der Waals surface area (Å²) in [5.41, 5.74) is 3.07. The lowest BCUT2D eigenvalue weighted by Crippen LogP contribution is -2.34. The second-order valence-electron chi connectivity index (χ2n) is 10.1. The highest BCUT2D eigenvalue weighted by atomic mass is 19.3. The van der Waals surface area contributed by atoms with E-state index in [0.717, 1.165) is 11.1 Å². The molecule has 1 unspecified atom stereocenters. The molecule has 38 heavy (non-hydrogen) atoms. The number of rotatable bonds is 2. The second kappa shape index (κ2) is 10.6. The highest BCUT2D eigenvalue weighted by Crippen LogP contribution is 2.43. The molecular weight excluding hydrogens is 491 g/mol. The third kappa shape index (κ3) is 5.06. The Morgan fingerprint density at radius 1 is 0.947 bits per heavy atom. The average molecular weight is 522 g/mol. The lowest BCUT2D eigenvalue weighted by molar-refractivity contribution is -0.0320. The Hall–Kier alpha value is -3.62. The highest BCUT2D eigenvalue weighted by molar-refractivity contribution is 5.70. The first-order chi connectivity index (χ1) is 18.3. The van der Waals surface area contributed by atoms with Gasteiger partial charge in [-0.2, -0.15) is 8.78 Å². The van der Waals surface area contributed by atoms with Crippen molar-refractivity contribution in [3.63, 3.8) is 0 Å². The Morgan fingerprint density at radius 3 is 2.47 bits per heavy atom. The Balaban J connectivity index is 0.000000179. The van der Waals surface area contributed by atoms with Gasteiger partial charge in [-0.05, 0) is 62.3 Å². The summed E-state index contributed by atoms with van der Waals surface area (Å²) in [6, 6.07) is 7.73. The normalized spacial score (nSPS) is 18.9. The molecule has 6 nitrogen and oxygen atoms in total. The summed E-state index contributed by atoms with van der Waals surface area (Å²) in [6.45, 7) is 3.78. The molecule has 0 bridgehead atoms. The number of hydrogen-bond donors (Lipinski definition) is 0. The topological polar surface area (TPSA) is 73.6 Å². The van der Waals surface area contributed by atoms with Crippen molar-refractivity contribution in [2.24, 2.45) is 0 Å². The third-order valence-corrected chi connectivity index (χ3v) is 7.47. The summed E-state index contributed by atoms with van der Waals surface area (Å²) >= 11 is 0. The molecule has 3 aromatic heterocycles. The largest absolute Gasteiger partial charge is 0.291 e. The van der Waals surface area contributed by atoms with Crippen molar-refractivity contribution in [2.75, 3.05) is 0 Å². The van der Waals surface area contributed by atoms with E-state index in [1.54, 1.807) is 31.3 Å². The van der Waals surface area contributed by atoms with Gasteiger partial charge < -0.3 is 0 Å². The molecule has 0 saturated heterocycles. The number of fused-ring (bicyclic) bond motifs is 2. The maximum Gasteiger partial charge on any atom is 0.291 e. The van der Waals surface area contributed by atoms with Crippen LogP contribution in [0.4, 0.5) is 13.2 Å². The van der Waals surface area contributed by atoms with Crippen LogP contribution in [0.3, 0.4) is 0 Å². The van der Waals surface area contributed by atoms with E-state index in [0.29, 0.717) is 22.8 Å². The molecule has 3 heterocycles. The molecule has 1 fully saturated rings. The quantitative estimate of drug-likeness (QED) is 0.299. The number of nitrogens with zero attached hydrogens (tertiary/aromatic N) is 5. The van der Waals surface area contributed by atoms with Crippen LogP contribution in [0.15, 0.2) is 53.7 Å². The molecule has 1 saturated carbocycles. The smallest absolute Gasteiger partial charge is 0.282 e. The van der Waals surface area contributed by atoms with E-state index in [1.165, 1.54) is 55.1 Å². The molecule has 0 amide bonds. The van der Waals surface area contributed by atoms with Crippen molar-refractivity contribution < 1.29 is 13.2 Å². The van der Waals surface area contributed by atoms with Crippen molar-refractivity contribution in [1.29, 1.82) is 0 Å². The van der Waals surface area contributed by atoms with Gasteiger partial charge in [-0.15, -0.1) is 0 Å². The maximum absolute atomic E-state index is 14.1. The van der Waals surface area contributed by atoms with E-state index in [9.17, 15) is 18.0 Å². The van der Waals surface area contributed by atoms with E-state index in [2.05, 4.69) is 19.9 Å². The first kappa shape index (κ1) is 26.0. The molecule has 2 aliphatic rings. The fourth-order valence-corrected chi connectivity index (χ4v) is 5.66. The van der Waals surface area contributed by atoms with Gasteiger partial charge in [0, 0.05) is 31.1 Å². The molecule has 9 heteroatoms. The Bertz CT molecular complexity index is 1490. The Morgan fingerprint density at radius 2 is 1.71 bits per heavy atom. The lowest BCUT2D eigenvalue weighted by Gasteiger charge is -2.30. The number of aromatic nitrogens is 5. The number of alkyl halides is 2. The van der Waals surface area contributed by atoms with Gasteiger partial charge in [-0.3, -0.25) is 24.3 Å². The van der Waals surface area contributed by atoms with Gasteiger partial charge in [-0.25, -0.2) is 9.37 Å². The zero-order valence-electron chi connectivity index (χ0n) is 21.5. The van der Waals surface area contributed by atoms with E-state index < -0.39 is 18.4 Å². The van der Waals surface area contributed by atoms with Gasteiger partial charge in [0.05, 0.1) is 17.4 Å². The van der Waals surface area contributed by atoms with Gasteiger partial charge >= 0.3 is 0 Å². The summed E-state index contributed by atoms with van der Waals surface area (Å²) in [7, 11) is 0. The predicted molar refractivity (Wildman–Crippen MR) is 139 cm³/mol. The maximum atomic E-state index is 14.1.